The number of carbonyl (C=O) groups is 1. The average Bonchev–Trinajstić information content (AvgIpc) is 3.31. The molecule has 180 valence electrons. The van der Waals surface area contributed by atoms with Gasteiger partial charge < -0.3 is 14.6 Å². The van der Waals surface area contributed by atoms with Crippen LogP contribution >= 0.6 is 0 Å². The quantitative estimate of drug-likeness (QED) is 0.536. The highest BCUT2D eigenvalue weighted by atomic mass is 16.5. The number of aromatic nitrogens is 1. The van der Waals surface area contributed by atoms with Crippen molar-refractivity contribution in [3.8, 4) is 17.3 Å². The van der Waals surface area contributed by atoms with Gasteiger partial charge in [-0.2, -0.15) is 5.26 Å². The van der Waals surface area contributed by atoms with E-state index < -0.39 is 0 Å². The number of likely N-dealkylation sites (tertiary alicyclic amines) is 1. The normalized spacial score (nSPS) is 18.2. The number of aromatic amines is 1. The van der Waals surface area contributed by atoms with Crippen LogP contribution in [0.5, 0.6) is 0 Å². The Kier molecular flexibility index (Phi) is 6.49. The number of benzene rings is 2. The van der Waals surface area contributed by atoms with Crippen LogP contribution in [-0.2, 0) is 17.6 Å². The van der Waals surface area contributed by atoms with Gasteiger partial charge >= 0.3 is 0 Å². The van der Waals surface area contributed by atoms with E-state index in [1.165, 1.54) is 22.4 Å². The first-order valence-electron chi connectivity index (χ1n) is 12.6. The number of methoxy groups -OCH3 is 1. The van der Waals surface area contributed by atoms with E-state index in [1.807, 2.05) is 24.0 Å². The molecule has 5 nitrogen and oxygen atoms in total. The van der Waals surface area contributed by atoms with Crippen LogP contribution in [0.3, 0.4) is 0 Å². The van der Waals surface area contributed by atoms with Crippen LogP contribution in [0.25, 0.3) is 11.3 Å². The first-order chi connectivity index (χ1) is 17.0. The fraction of sp³-hybridized carbons (Fsp3) is 0.400. The third-order valence-electron chi connectivity index (χ3n) is 7.88. The van der Waals surface area contributed by atoms with E-state index in [4.69, 9.17) is 10.00 Å². The number of hydrogen-bond acceptors (Lipinski definition) is 3. The maximum Gasteiger partial charge on any atom is 0.254 e. The fourth-order valence-corrected chi connectivity index (χ4v) is 5.73. The van der Waals surface area contributed by atoms with E-state index in [-0.39, 0.29) is 12.0 Å². The number of aryl methyl sites for hydroxylation is 3. The zero-order valence-electron chi connectivity index (χ0n) is 20.9. The van der Waals surface area contributed by atoms with E-state index in [2.05, 4.69) is 48.3 Å². The lowest BCUT2D eigenvalue weighted by Crippen LogP contribution is -2.38. The minimum absolute atomic E-state index is 0.123. The monoisotopic (exact) mass is 467 g/mol. The molecule has 0 spiro atoms. The standard InChI is InChI=1S/C30H33N3O2/c1-19-14-20(2)27(17-26(19)29-15-24-8-9-25(35-3)16-28(24)32-29)30(34)33-12-10-23(11-13-33)22-6-4-21(18-31)5-7-22/h4-7,14-15,17,23,25,32H,8-13,16H2,1-3H3. The molecule has 3 aromatic rings. The molecule has 2 aliphatic rings. The number of hydrogen-bond donors (Lipinski definition) is 1. The van der Waals surface area contributed by atoms with E-state index >= 15 is 0 Å². The summed E-state index contributed by atoms with van der Waals surface area (Å²) in [6.07, 6.45) is 5.15. The molecule has 0 saturated carbocycles. The molecule has 2 heterocycles. The highest BCUT2D eigenvalue weighted by molar-refractivity contribution is 5.97. The lowest BCUT2D eigenvalue weighted by atomic mass is 9.88. The summed E-state index contributed by atoms with van der Waals surface area (Å²) in [6, 6.07) is 16.6. The smallest absolute Gasteiger partial charge is 0.254 e. The molecule has 1 unspecified atom stereocenters. The van der Waals surface area contributed by atoms with Crippen molar-refractivity contribution in [1.29, 1.82) is 5.26 Å². The fourth-order valence-electron chi connectivity index (χ4n) is 5.73. The van der Waals surface area contributed by atoms with E-state index in [0.29, 0.717) is 11.5 Å². The minimum atomic E-state index is 0.123. The van der Waals surface area contributed by atoms with Gasteiger partial charge in [0.15, 0.2) is 0 Å². The van der Waals surface area contributed by atoms with Crippen LogP contribution < -0.4 is 0 Å². The van der Waals surface area contributed by atoms with Crippen molar-refractivity contribution < 1.29 is 9.53 Å². The summed E-state index contributed by atoms with van der Waals surface area (Å²) in [5.41, 5.74) is 9.78. The summed E-state index contributed by atoms with van der Waals surface area (Å²) in [5.74, 6) is 0.556. The van der Waals surface area contributed by atoms with Gasteiger partial charge in [0.1, 0.15) is 0 Å². The second-order valence-corrected chi connectivity index (χ2v) is 10.1. The lowest BCUT2D eigenvalue weighted by Gasteiger charge is -2.33. The maximum atomic E-state index is 13.6. The molecule has 1 aliphatic carbocycles. The number of rotatable bonds is 4. The zero-order chi connectivity index (χ0) is 24.5. The van der Waals surface area contributed by atoms with Crippen molar-refractivity contribution >= 4 is 5.91 Å². The zero-order valence-corrected chi connectivity index (χ0v) is 20.9. The van der Waals surface area contributed by atoms with Crippen LogP contribution in [0.2, 0.25) is 0 Å². The molecule has 1 N–H and O–H groups in total. The van der Waals surface area contributed by atoms with Crippen molar-refractivity contribution in [2.75, 3.05) is 20.2 Å². The van der Waals surface area contributed by atoms with Crippen molar-refractivity contribution in [1.82, 2.24) is 9.88 Å². The molecule has 5 heteroatoms. The predicted molar refractivity (Wildman–Crippen MR) is 138 cm³/mol. The van der Waals surface area contributed by atoms with Crippen molar-refractivity contribution in [2.24, 2.45) is 0 Å². The number of carbonyl (C=O) groups excluding carboxylic acids is 1. The second kappa shape index (κ2) is 9.71. The van der Waals surface area contributed by atoms with Gasteiger partial charge in [0.25, 0.3) is 5.91 Å². The predicted octanol–water partition coefficient (Wildman–Crippen LogP) is 5.69. The molecule has 2 aromatic carbocycles. The summed E-state index contributed by atoms with van der Waals surface area (Å²) in [6.45, 7) is 5.66. The average molecular weight is 468 g/mol. The van der Waals surface area contributed by atoms with Gasteiger partial charge in [0, 0.05) is 49.1 Å². The Bertz CT molecular complexity index is 1270. The third kappa shape index (κ3) is 4.63. The molecular formula is C30H33N3O2. The van der Waals surface area contributed by atoms with Crippen molar-refractivity contribution in [3.05, 3.63) is 81.5 Å². The molecule has 35 heavy (non-hydrogen) atoms. The Labute approximate surface area is 207 Å². The molecule has 0 bridgehead atoms. The second-order valence-electron chi connectivity index (χ2n) is 10.1. The molecule has 1 atom stereocenters. The van der Waals surface area contributed by atoms with Gasteiger partial charge in [-0.15, -0.1) is 0 Å². The van der Waals surface area contributed by atoms with E-state index in [0.717, 1.165) is 67.6 Å². The number of nitriles is 1. The summed E-state index contributed by atoms with van der Waals surface area (Å²) in [5, 5.41) is 9.04. The molecule has 5 rings (SSSR count). The van der Waals surface area contributed by atoms with E-state index in [1.54, 1.807) is 7.11 Å². The summed E-state index contributed by atoms with van der Waals surface area (Å²) >= 11 is 0. The number of fused-ring (bicyclic) bond motifs is 1. The molecule has 1 fully saturated rings. The van der Waals surface area contributed by atoms with Gasteiger partial charge in [-0.05, 0) is 92.0 Å². The van der Waals surface area contributed by atoms with Crippen LogP contribution in [-0.4, -0.2) is 42.1 Å². The highest BCUT2D eigenvalue weighted by Crippen LogP contribution is 2.33. The maximum absolute atomic E-state index is 13.6. The first-order valence-corrected chi connectivity index (χ1v) is 12.6. The molecule has 1 aliphatic heterocycles. The number of piperidine rings is 1. The summed E-state index contributed by atoms with van der Waals surface area (Å²) in [7, 11) is 1.79. The lowest BCUT2D eigenvalue weighted by molar-refractivity contribution is 0.0712. The minimum Gasteiger partial charge on any atom is -0.381 e. The number of nitrogens with one attached hydrogen (secondary N) is 1. The first kappa shape index (κ1) is 23.4. The topological polar surface area (TPSA) is 69.1 Å². The number of ether oxygens (including phenoxy) is 1. The number of amides is 1. The molecule has 1 saturated heterocycles. The Morgan fingerprint density at radius 3 is 2.49 bits per heavy atom. The van der Waals surface area contributed by atoms with Crippen molar-refractivity contribution in [3.63, 3.8) is 0 Å². The van der Waals surface area contributed by atoms with Gasteiger partial charge in [0.2, 0.25) is 0 Å². The Balaban J connectivity index is 1.33. The Morgan fingerprint density at radius 1 is 1.06 bits per heavy atom. The van der Waals surface area contributed by atoms with Crippen LogP contribution in [0.4, 0.5) is 0 Å². The van der Waals surface area contributed by atoms with E-state index in [9.17, 15) is 4.79 Å². The number of H-pyrrole nitrogens is 1. The van der Waals surface area contributed by atoms with Gasteiger partial charge in [-0.3, -0.25) is 4.79 Å². The van der Waals surface area contributed by atoms with Gasteiger partial charge in [-0.1, -0.05) is 18.2 Å². The molecule has 0 radical (unpaired) electrons. The summed E-state index contributed by atoms with van der Waals surface area (Å²) < 4.78 is 5.58. The Hall–Kier alpha value is -3.36. The SMILES string of the molecule is COC1CCc2cc(-c3cc(C(=O)N4CCC(c5ccc(C#N)cc5)CC4)c(C)cc3C)[nH]c2C1. The Morgan fingerprint density at radius 2 is 1.80 bits per heavy atom. The van der Waals surface area contributed by atoms with Crippen LogP contribution in [0.1, 0.15) is 69.0 Å². The third-order valence-corrected chi connectivity index (χ3v) is 7.88. The van der Waals surface area contributed by atoms with Crippen LogP contribution in [0, 0.1) is 25.2 Å². The number of nitrogens with zero attached hydrogens (tertiary/aromatic N) is 2. The molecule has 1 amide bonds. The van der Waals surface area contributed by atoms with Crippen LogP contribution in [0.15, 0.2) is 42.5 Å². The summed E-state index contributed by atoms with van der Waals surface area (Å²) in [4.78, 5) is 19.2. The highest BCUT2D eigenvalue weighted by Gasteiger charge is 2.27. The van der Waals surface area contributed by atoms with Crippen molar-refractivity contribution in [2.45, 2.75) is 58.0 Å². The van der Waals surface area contributed by atoms with Gasteiger partial charge in [-0.25, -0.2) is 0 Å². The van der Waals surface area contributed by atoms with Gasteiger partial charge in [0.05, 0.1) is 17.7 Å². The largest absolute Gasteiger partial charge is 0.381 e. The molecule has 1 aromatic heterocycles. The molecular weight excluding hydrogens is 434 g/mol.